The van der Waals surface area contributed by atoms with E-state index in [2.05, 4.69) is 30.7 Å². The third kappa shape index (κ3) is 3.96. The van der Waals surface area contributed by atoms with Crippen LogP contribution < -0.4 is 10.2 Å². The zero-order valence-electron chi connectivity index (χ0n) is 14.9. The van der Waals surface area contributed by atoms with Crippen LogP contribution in [-0.4, -0.2) is 55.9 Å². The highest BCUT2D eigenvalue weighted by Gasteiger charge is 2.23. The molecule has 0 aliphatic carbocycles. The summed E-state index contributed by atoms with van der Waals surface area (Å²) in [4.78, 5) is 22.5. The molecule has 0 radical (unpaired) electrons. The third-order valence-electron chi connectivity index (χ3n) is 4.46. The van der Waals surface area contributed by atoms with Crippen molar-refractivity contribution in [2.24, 2.45) is 0 Å². The lowest BCUT2D eigenvalue weighted by atomic mass is 10.0. The molecule has 4 rings (SSSR count). The minimum atomic E-state index is -0.672. The summed E-state index contributed by atoms with van der Waals surface area (Å²) in [5.74, 6) is 1.21. The predicted octanol–water partition coefficient (Wildman–Crippen LogP) is 1.81. The fraction of sp³-hybridized carbons (Fsp3) is 0.278. The first kappa shape index (κ1) is 18.4. The molecule has 3 heterocycles. The highest BCUT2D eigenvalue weighted by molar-refractivity contribution is 7.99. The molecular weight excluding hydrogens is 381 g/mol. The van der Waals surface area contributed by atoms with E-state index in [1.165, 1.54) is 24.7 Å². The molecule has 1 atom stereocenters. The number of nitrogens with zero attached hydrogens (tertiary/aromatic N) is 5. The van der Waals surface area contributed by atoms with Crippen LogP contribution in [-0.2, 0) is 0 Å². The second-order valence-electron chi connectivity index (χ2n) is 6.21. The Bertz CT molecular complexity index is 932. The van der Waals surface area contributed by atoms with Gasteiger partial charge in [-0.1, -0.05) is 11.3 Å². The maximum absolute atomic E-state index is 14.9. The van der Waals surface area contributed by atoms with Gasteiger partial charge >= 0.3 is 0 Å². The van der Waals surface area contributed by atoms with Crippen LogP contribution in [0.4, 0.5) is 10.1 Å². The molecular formula is C18H18FN7OS. The van der Waals surface area contributed by atoms with E-state index >= 15 is 0 Å². The van der Waals surface area contributed by atoms with Gasteiger partial charge in [-0.05, 0) is 17.7 Å². The van der Waals surface area contributed by atoms with E-state index in [1.54, 1.807) is 18.3 Å². The number of H-pyrrole nitrogens is 1. The minimum Gasteiger partial charge on any atom is -0.368 e. The summed E-state index contributed by atoms with van der Waals surface area (Å²) in [5.41, 5.74) is 1.78. The number of halogens is 1. The number of carbonyl (C=O) groups is 1. The van der Waals surface area contributed by atoms with Gasteiger partial charge in [0.15, 0.2) is 0 Å². The molecule has 10 heteroatoms. The van der Waals surface area contributed by atoms with Crippen LogP contribution in [0.2, 0.25) is 0 Å². The molecule has 1 fully saturated rings. The Morgan fingerprint density at radius 2 is 2.14 bits per heavy atom. The quantitative estimate of drug-likeness (QED) is 0.675. The molecule has 28 heavy (non-hydrogen) atoms. The first-order chi connectivity index (χ1) is 13.7. The Hall–Kier alpha value is -3.01. The Balaban J connectivity index is 1.62. The number of nitrogens with one attached hydrogen (secondary N) is 2. The number of thioether (sulfide) groups is 1. The topological polar surface area (TPSA) is 99.7 Å². The van der Waals surface area contributed by atoms with Crippen molar-refractivity contribution in [3.8, 4) is 0 Å². The third-order valence-corrected chi connectivity index (χ3v) is 5.40. The fourth-order valence-corrected chi connectivity index (χ4v) is 3.97. The average Bonchev–Trinajstić information content (AvgIpc) is 3.27. The number of hydrogen-bond acceptors (Lipinski definition) is 7. The largest absolute Gasteiger partial charge is 0.368 e. The van der Waals surface area contributed by atoms with Gasteiger partial charge in [-0.3, -0.25) is 14.9 Å². The number of anilines is 1. The number of rotatable bonds is 5. The maximum Gasteiger partial charge on any atom is 0.272 e. The van der Waals surface area contributed by atoms with Gasteiger partial charge in [0.05, 0.1) is 11.9 Å². The van der Waals surface area contributed by atoms with Gasteiger partial charge < -0.3 is 10.2 Å². The number of hydrogen-bond donors (Lipinski definition) is 2. The summed E-state index contributed by atoms with van der Waals surface area (Å²) < 4.78 is 14.9. The van der Waals surface area contributed by atoms with E-state index in [0.29, 0.717) is 16.9 Å². The van der Waals surface area contributed by atoms with E-state index < -0.39 is 11.9 Å². The fourth-order valence-electron chi connectivity index (χ4n) is 3.06. The molecule has 0 saturated carbocycles. The zero-order valence-corrected chi connectivity index (χ0v) is 15.7. The first-order valence-electron chi connectivity index (χ1n) is 8.78. The zero-order chi connectivity index (χ0) is 19.3. The van der Waals surface area contributed by atoms with Gasteiger partial charge in [0, 0.05) is 43.2 Å². The smallest absolute Gasteiger partial charge is 0.272 e. The Kier molecular flexibility index (Phi) is 5.47. The lowest BCUT2D eigenvalue weighted by molar-refractivity contribution is 0.0936. The second kappa shape index (κ2) is 8.34. The number of benzene rings is 1. The Morgan fingerprint density at radius 3 is 2.82 bits per heavy atom. The number of aromatic amines is 1. The lowest BCUT2D eigenvalue weighted by Gasteiger charge is -2.29. The molecule has 144 valence electrons. The van der Waals surface area contributed by atoms with Crippen molar-refractivity contribution in [2.75, 3.05) is 29.5 Å². The average molecular weight is 399 g/mol. The van der Waals surface area contributed by atoms with Gasteiger partial charge in [-0.2, -0.15) is 11.8 Å². The van der Waals surface area contributed by atoms with Crippen molar-refractivity contribution >= 4 is 23.4 Å². The summed E-state index contributed by atoms with van der Waals surface area (Å²) in [6, 6.07) is 4.32. The van der Waals surface area contributed by atoms with Crippen molar-refractivity contribution in [2.45, 2.75) is 6.04 Å². The van der Waals surface area contributed by atoms with E-state index in [-0.39, 0.29) is 11.5 Å². The van der Waals surface area contributed by atoms with Gasteiger partial charge in [0.25, 0.3) is 5.91 Å². The number of aromatic nitrogens is 5. The second-order valence-corrected chi connectivity index (χ2v) is 7.43. The molecule has 1 unspecified atom stereocenters. The van der Waals surface area contributed by atoms with Crippen LogP contribution in [0, 0.1) is 5.82 Å². The van der Waals surface area contributed by atoms with Gasteiger partial charge in [-0.25, -0.2) is 9.37 Å². The monoisotopic (exact) mass is 399 g/mol. The minimum absolute atomic E-state index is 0.166. The van der Waals surface area contributed by atoms with E-state index in [4.69, 9.17) is 0 Å². The van der Waals surface area contributed by atoms with E-state index in [0.717, 1.165) is 24.6 Å². The van der Waals surface area contributed by atoms with Crippen LogP contribution in [0.5, 0.6) is 0 Å². The van der Waals surface area contributed by atoms with Crippen LogP contribution >= 0.6 is 11.8 Å². The molecule has 3 aromatic rings. The number of amides is 1. The normalized spacial score (nSPS) is 15.2. The predicted molar refractivity (Wildman–Crippen MR) is 104 cm³/mol. The molecule has 2 N–H and O–H groups in total. The SMILES string of the molecule is O=C(NC(c1ccc(N2CCSCC2)c(F)c1)c1c[nH]nn1)c1cnccn1. The van der Waals surface area contributed by atoms with Crippen LogP contribution in [0.25, 0.3) is 0 Å². The number of carbonyl (C=O) groups excluding carboxylic acids is 1. The molecule has 0 spiro atoms. The van der Waals surface area contributed by atoms with Gasteiger partial charge in [0.1, 0.15) is 23.2 Å². The van der Waals surface area contributed by atoms with Crippen LogP contribution in [0.15, 0.2) is 43.0 Å². The highest BCUT2D eigenvalue weighted by Crippen LogP contribution is 2.28. The molecule has 8 nitrogen and oxygen atoms in total. The van der Waals surface area contributed by atoms with Crippen molar-refractivity contribution in [3.63, 3.8) is 0 Å². The van der Waals surface area contributed by atoms with E-state index in [9.17, 15) is 9.18 Å². The molecule has 0 bridgehead atoms. The van der Waals surface area contributed by atoms with Crippen molar-refractivity contribution in [1.82, 2.24) is 30.7 Å². The van der Waals surface area contributed by atoms with Crippen LogP contribution in [0.3, 0.4) is 0 Å². The van der Waals surface area contributed by atoms with Gasteiger partial charge in [0.2, 0.25) is 0 Å². The standard InChI is InChI=1S/C18H18FN7OS/c19-13-9-12(1-2-16(13)26-5-7-28-8-6-26)17(14-11-22-25-24-14)23-18(27)15-10-20-3-4-21-15/h1-4,9-11,17H,5-8H2,(H,23,27)(H,22,24,25). The van der Waals surface area contributed by atoms with Crippen LogP contribution in [0.1, 0.15) is 27.8 Å². The first-order valence-corrected chi connectivity index (χ1v) is 9.93. The molecule has 1 aliphatic heterocycles. The van der Waals surface area contributed by atoms with E-state index in [1.807, 2.05) is 16.7 Å². The highest BCUT2D eigenvalue weighted by atomic mass is 32.2. The summed E-state index contributed by atoms with van der Waals surface area (Å²) >= 11 is 1.87. The molecule has 2 aromatic heterocycles. The van der Waals surface area contributed by atoms with Crippen molar-refractivity contribution in [1.29, 1.82) is 0 Å². The summed E-state index contributed by atoms with van der Waals surface area (Å²) in [6.07, 6.45) is 5.85. The molecule has 1 amide bonds. The molecule has 1 aromatic carbocycles. The molecule has 1 saturated heterocycles. The van der Waals surface area contributed by atoms with Crippen molar-refractivity contribution < 1.29 is 9.18 Å². The summed E-state index contributed by atoms with van der Waals surface area (Å²) in [5, 5.41) is 13.1. The molecule has 1 aliphatic rings. The summed E-state index contributed by atoms with van der Waals surface area (Å²) in [7, 11) is 0. The Labute approximate surface area is 165 Å². The summed E-state index contributed by atoms with van der Waals surface area (Å²) in [6.45, 7) is 1.63. The van der Waals surface area contributed by atoms with Crippen molar-refractivity contribution in [3.05, 3.63) is 65.8 Å². The van der Waals surface area contributed by atoms with Gasteiger partial charge in [-0.15, -0.1) is 5.10 Å². The Morgan fingerprint density at radius 1 is 1.29 bits per heavy atom. The maximum atomic E-state index is 14.9. The lowest BCUT2D eigenvalue weighted by Crippen LogP contribution is -2.33.